The third kappa shape index (κ3) is 4.70. The van der Waals surface area contributed by atoms with Gasteiger partial charge in [0.25, 0.3) is 0 Å². The highest BCUT2D eigenvalue weighted by molar-refractivity contribution is 7.13. The van der Waals surface area contributed by atoms with E-state index in [-0.39, 0.29) is 58.4 Å². The summed E-state index contributed by atoms with van der Waals surface area (Å²) in [5.74, 6) is -2.33. The van der Waals surface area contributed by atoms with E-state index in [2.05, 4.69) is 4.98 Å². The molecule has 238 valence electrons. The van der Waals surface area contributed by atoms with Gasteiger partial charge in [-0.15, -0.1) is 11.3 Å². The Morgan fingerprint density at radius 2 is 1.80 bits per heavy atom. The molecule has 0 saturated carbocycles. The van der Waals surface area contributed by atoms with Crippen LogP contribution >= 0.6 is 11.3 Å². The minimum Gasteiger partial charge on any atom is -0.507 e. The van der Waals surface area contributed by atoms with Crippen LogP contribution in [0.1, 0.15) is 74.5 Å². The van der Waals surface area contributed by atoms with E-state index in [0.29, 0.717) is 10.7 Å². The van der Waals surface area contributed by atoms with Crippen LogP contribution in [0.25, 0.3) is 10.6 Å². The summed E-state index contributed by atoms with van der Waals surface area (Å²) in [5, 5.41) is 48.5. The van der Waals surface area contributed by atoms with Gasteiger partial charge in [0.2, 0.25) is 5.78 Å². The third-order valence-electron chi connectivity index (χ3n) is 9.05. The smallest absolute Gasteiger partial charge is 0.202 e. The van der Waals surface area contributed by atoms with Crippen LogP contribution < -0.4 is 10.5 Å². The van der Waals surface area contributed by atoms with Gasteiger partial charge in [-0.25, -0.2) is 4.98 Å². The molecule has 4 aromatic rings. The van der Waals surface area contributed by atoms with E-state index in [1.807, 2.05) is 0 Å². The highest BCUT2D eigenvalue weighted by atomic mass is 32.1. The zero-order valence-corrected chi connectivity index (χ0v) is 25.7. The maximum atomic E-state index is 13.9. The molecule has 2 aromatic heterocycles. The molecule has 6 N–H and O–H groups in total. The number of phenolic OH excluding ortho intramolecular Hbond substituents is 2. The lowest BCUT2D eigenvalue weighted by Gasteiger charge is -2.42. The largest absolute Gasteiger partial charge is 0.507 e. The summed E-state index contributed by atoms with van der Waals surface area (Å²) in [7, 11) is 1.36. The van der Waals surface area contributed by atoms with Gasteiger partial charge in [0.05, 0.1) is 47.8 Å². The molecular weight excluding hydrogens is 614 g/mol. The fraction of sp³-hybridized carbons (Fsp3) is 0.333. The highest BCUT2D eigenvalue weighted by Crippen LogP contribution is 2.54. The maximum absolute atomic E-state index is 13.9. The summed E-state index contributed by atoms with van der Waals surface area (Å²) < 4.78 is 17.6. The summed E-state index contributed by atoms with van der Waals surface area (Å²) in [6.07, 6.45) is -0.766. The SMILES string of the molecule is COc1cccc2c1C(=O)c1c(O)c3c(c(O)c1C2=O)C[C@](O)(c1csc(-c2ccncc2)n1)C[C@H]3OC1CC(N)C(O)C(C)O1. The van der Waals surface area contributed by atoms with Crippen LogP contribution in [0, 0.1) is 0 Å². The van der Waals surface area contributed by atoms with E-state index >= 15 is 0 Å². The minimum absolute atomic E-state index is 0.0176. The van der Waals surface area contributed by atoms with Crippen molar-refractivity contribution in [3.8, 4) is 27.8 Å². The lowest BCUT2D eigenvalue weighted by atomic mass is 9.72. The number of benzene rings is 2. The number of aliphatic hydroxyl groups is 2. The van der Waals surface area contributed by atoms with Gasteiger partial charge in [-0.05, 0) is 25.1 Å². The third-order valence-corrected chi connectivity index (χ3v) is 9.94. The van der Waals surface area contributed by atoms with Crippen LogP contribution in [0.4, 0.5) is 0 Å². The number of rotatable bonds is 5. The second kappa shape index (κ2) is 11.2. The lowest BCUT2D eigenvalue weighted by Crippen LogP contribution is -2.52. The minimum atomic E-state index is -1.73. The zero-order valence-electron chi connectivity index (χ0n) is 24.8. The van der Waals surface area contributed by atoms with Crippen molar-refractivity contribution in [2.24, 2.45) is 5.73 Å². The number of hydrogen-bond donors (Lipinski definition) is 5. The van der Waals surface area contributed by atoms with Gasteiger partial charge in [0.1, 0.15) is 27.9 Å². The predicted octanol–water partition coefficient (Wildman–Crippen LogP) is 3.12. The average molecular weight is 646 g/mol. The summed E-state index contributed by atoms with van der Waals surface area (Å²) in [6.45, 7) is 1.65. The number of aromatic hydroxyl groups is 2. The van der Waals surface area contributed by atoms with Crippen LogP contribution in [-0.4, -0.2) is 73.6 Å². The van der Waals surface area contributed by atoms with Crippen molar-refractivity contribution in [2.45, 2.75) is 62.4 Å². The fourth-order valence-electron chi connectivity index (χ4n) is 6.70. The number of hydrogen-bond acceptors (Lipinski definition) is 13. The highest BCUT2D eigenvalue weighted by Gasteiger charge is 2.49. The Labute approximate surface area is 267 Å². The van der Waals surface area contributed by atoms with Crippen molar-refractivity contribution in [1.82, 2.24) is 9.97 Å². The van der Waals surface area contributed by atoms with E-state index in [1.165, 1.54) is 30.6 Å². The number of carbonyl (C=O) groups excluding carboxylic acids is 2. The van der Waals surface area contributed by atoms with E-state index in [1.54, 1.807) is 42.9 Å². The van der Waals surface area contributed by atoms with E-state index in [4.69, 9.17) is 24.9 Å². The number of pyridine rings is 1. The standard InChI is InChI=1S/C33H31N3O9S/c1-14-27(37)18(34)10-22(44-14)45-20-12-33(42,21-13-46-32(36-21)15-6-8-35-9-7-15)11-17-24(20)31(41)26-25(29(17)39)28(38)16-4-3-5-19(43-2)23(16)30(26)40/h3-9,13-14,18,20,22,27,37,39,41-42H,10-12,34H2,1-2H3/t14?,18?,20-,22?,27?,33-/m1/s1. The molecule has 1 aliphatic heterocycles. The molecule has 2 aliphatic carbocycles. The first-order valence-electron chi connectivity index (χ1n) is 14.7. The Hall–Kier alpha value is -4.24. The van der Waals surface area contributed by atoms with E-state index in [9.17, 15) is 30.0 Å². The summed E-state index contributed by atoms with van der Waals surface area (Å²) in [5.41, 5.74) is 4.83. The number of methoxy groups -OCH3 is 1. The predicted molar refractivity (Wildman–Crippen MR) is 164 cm³/mol. The molecule has 3 heterocycles. The Balaban J connectivity index is 1.38. The molecule has 7 rings (SSSR count). The topological polar surface area (TPSA) is 195 Å². The number of thiazole rings is 1. The van der Waals surface area contributed by atoms with Gasteiger partial charge in [-0.2, -0.15) is 0 Å². The number of nitrogens with zero attached hydrogens (tertiary/aromatic N) is 2. The number of ether oxygens (including phenoxy) is 3. The number of phenols is 2. The molecule has 0 radical (unpaired) electrons. The van der Waals surface area contributed by atoms with Gasteiger partial charge in [0.15, 0.2) is 12.1 Å². The molecule has 46 heavy (non-hydrogen) atoms. The maximum Gasteiger partial charge on any atom is 0.202 e. The quantitative estimate of drug-likeness (QED) is 0.176. The number of fused-ring (bicyclic) bond motifs is 3. The Kier molecular flexibility index (Phi) is 7.42. The molecule has 1 fully saturated rings. The number of aliphatic hydroxyl groups excluding tert-OH is 1. The van der Waals surface area contributed by atoms with Crippen LogP contribution in [0.15, 0.2) is 48.1 Å². The average Bonchev–Trinajstić information content (AvgIpc) is 3.56. The Bertz CT molecular complexity index is 1870. The zero-order chi connectivity index (χ0) is 32.5. The lowest BCUT2D eigenvalue weighted by molar-refractivity contribution is -0.248. The van der Waals surface area contributed by atoms with Crippen LogP contribution in [0.2, 0.25) is 0 Å². The monoisotopic (exact) mass is 645 g/mol. The van der Waals surface area contributed by atoms with Gasteiger partial charge < -0.3 is 40.4 Å². The molecule has 3 aliphatic rings. The second-order valence-corrected chi connectivity index (χ2v) is 12.7. The first-order chi connectivity index (χ1) is 22.0. The van der Waals surface area contributed by atoms with Crippen LogP contribution in [0.3, 0.4) is 0 Å². The summed E-state index contributed by atoms with van der Waals surface area (Å²) >= 11 is 1.31. The van der Waals surface area contributed by atoms with Crippen molar-refractivity contribution < 1.29 is 44.2 Å². The van der Waals surface area contributed by atoms with Gasteiger partial charge in [-0.1, -0.05) is 12.1 Å². The van der Waals surface area contributed by atoms with Crippen molar-refractivity contribution in [3.05, 3.63) is 87.2 Å². The molecule has 0 spiro atoms. The number of aromatic nitrogens is 2. The number of nitrogens with two attached hydrogens (primary N) is 1. The Morgan fingerprint density at radius 1 is 1.07 bits per heavy atom. The molecule has 2 aromatic carbocycles. The number of carbonyl (C=O) groups is 2. The van der Waals surface area contributed by atoms with Crippen molar-refractivity contribution in [3.63, 3.8) is 0 Å². The molecule has 13 heteroatoms. The van der Waals surface area contributed by atoms with E-state index in [0.717, 1.165) is 5.56 Å². The van der Waals surface area contributed by atoms with Gasteiger partial charge in [0, 0.05) is 65.3 Å². The molecule has 12 nitrogen and oxygen atoms in total. The second-order valence-electron chi connectivity index (χ2n) is 11.9. The fourth-order valence-corrected chi connectivity index (χ4v) is 7.62. The summed E-state index contributed by atoms with van der Waals surface area (Å²) in [4.78, 5) is 36.5. The van der Waals surface area contributed by atoms with Crippen molar-refractivity contribution in [1.29, 1.82) is 0 Å². The van der Waals surface area contributed by atoms with Crippen molar-refractivity contribution in [2.75, 3.05) is 7.11 Å². The molecule has 0 amide bonds. The first kappa shape index (κ1) is 30.4. The first-order valence-corrected chi connectivity index (χ1v) is 15.6. The molecule has 4 unspecified atom stereocenters. The molecular formula is C33H31N3O9S. The summed E-state index contributed by atoms with van der Waals surface area (Å²) in [6, 6.07) is 7.45. The van der Waals surface area contributed by atoms with E-state index < -0.39 is 59.3 Å². The van der Waals surface area contributed by atoms with Gasteiger partial charge in [-0.3, -0.25) is 14.6 Å². The molecule has 0 bridgehead atoms. The normalized spacial score (nSPS) is 27.1. The van der Waals surface area contributed by atoms with Crippen LogP contribution in [-0.2, 0) is 21.5 Å². The Morgan fingerprint density at radius 3 is 2.52 bits per heavy atom. The molecule has 6 atom stereocenters. The number of ketones is 2. The molecule has 1 saturated heterocycles. The van der Waals surface area contributed by atoms with Crippen LogP contribution in [0.5, 0.6) is 17.2 Å². The van der Waals surface area contributed by atoms with Crippen molar-refractivity contribution >= 4 is 22.9 Å². The van der Waals surface area contributed by atoms with Gasteiger partial charge >= 0.3 is 0 Å².